The Morgan fingerprint density at radius 2 is 1.83 bits per heavy atom. The second-order valence-electron chi connectivity index (χ2n) is 5.89. The molecule has 1 amide bonds. The molecule has 1 aromatic carbocycles. The fraction of sp³-hybridized carbons (Fsp3) is 0.412. The van der Waals surface area contributed by atoms with Crippen LogP contribution in [0.15, 0.2) is 24.3 Å². The Bertz CT molecular complexity index is 750. The number of para-hydroxylation sites is 1. The molecule has 7 heteroatoms. The van der Waals surface area contributed by atoms with Crippen molar-refractivity contribution in [1.29, 1.82) is 0 Å². The van der Waals surface area contributed by atoms with E-state index in [0.717, 1.165) is 27.4 Å². The molecule has 0 aliphatic carbocycles. The summed E-state index contributed by atoms with van der Waals surface area (Å²) in [4.78, 5) is 12.8. The van der Waals surface area contributed by atoms with Gasteiger partial charge in [0.15, 0.2) is 0 Å². The van der Waals surface area contributed by atoms with E-state index in [1.165, 1.54) is 7.05 Å². The third-order valence-corrected chi connectivity index (χ3v) is 3.96. The van der Waals surface area contributed by atoms with E-state index in [1.54, 1.807) is 11.6 Å². The molecule has 0 unspecified atom stereocenters. The van der Waals surface area contributed by atoms with Crippen LogP contribution in [0.25, 0.3) is 5.69 Å². The molecule has 1 heterocycles. The van der Waals surface area contributed by atoms with Crippen LogP contribution in [0, 0.1) is 20.8 Å². The molecule has 2 rings (SSSR count). The number of halogens is 3. The number of rotatable bonds is 4. The highest BCUT2D eigenvalue weighted by molar-refractivity contribution is 5.76. The first kappa shape index (κ1) is 18.0. The Labute approximate surface area is 138 Å². The fourth-order valence-electron chi connectivity index (χ4n) is 2.57. The summed E-state index contributed by atoms with van der Waals surface area (Å²) in [5.41, 5.74) is 4.22. The predicted molar refractivity (Wildman–Crippen MR) is 84.9 cm³/mol. The first-order valence-electron chi connectivity index (χ1n) is 7.52. The van der Waals surface area contributed by atoms with Crippen molar-refractivity contribution in [2.24, 2.45) is 0 Å². The maximum Gasteiger partial charge on any atom is 0.397 e. The van der Waals surface area contributed by atoms with Gasteiger partial charge in [0.25, 0.3) is 0 Å². The number of amides is 1. The van der Waals surface area contributed by atoms with Gasteiger partial charge in [-0.05, 0) is 32.4 Å². The SMILES string of the molecule is Cc1ccccc1-n1nc(C)c(CN(C)C(=O)CC(F)(F)F)c1C. The van der Waals surface area contributed by atoms with Gasteiger partial charge in [-0.1, -0.05) is 18.2 Å². The smallest absolute Gasteiger partial charge is 0.341 e. The number of carbonyl (C=O) groups excluding carboxylic acids is 1. The summed E-state index contributed by atoms with van der Waals surface area (Å²) in [6.45, 7) is 5.70. The molecule has 0 aliphatic heterocycles. The van der Waals surface area contributed by atoms with Crippen molar-refractivity contribution in [1.82, 2.24) is 14.7 Å². The minimum Gasteiger partial charge on any atom is -0.341 e. The van der Waals surface area contributed by atoms with Crippen LogP contribution < -0.4 is 0 Å². The number of aryl methyl sites for hydroxylation is 2. The number of carbonyl (C=O) groups is 1. The summed E-state index contributed by atoms with van der Waals surface area (Å²) in [5.74, 6) is -0.954. The molecular weight excluding hydrogens is 319 g/mol. The van der Waals surface area contributed by atoms with Crippen molar-refractivity contribution >= 4 is 5.91 Å². The molecule has 0 saturated carbocycles. The van der Waals surface area contributed by atoms with E-state index in [0.29, 0.717) is 5.69 Å². The van der Waals surface area contributed by atoms with Crippen molar-refractivity contribution in [2.75, 3.05) is 7.05 Å². The zero-order valence-electron chi connectivity index (χ0n) is 14.1. The van der Waals surface area contributed by atoms with Crippen molar-refractivity contribution < 1.29 is 18.0 Å². The van der Waals surface area contributed by atoms with E-state index >= 15 is 0 Å². The van der Waals surface area contributed by atoms with Crippen LogP contribution in [0.2, 0.25) is 0 Å². The van der Waals surface area contributed by atoms with Crippen molar-refractivity contribution in [2.45, 2.75) is 39.9 Å². The molecule has 0 radical (unpaired) electrons. The Balaban J connectivity index is 2.27. The van der Waals surface area contributed by atoms with E-state index in [4.69, 9.17) is 0 Å². The first-order chi connectivity index (χ1) is 11.1. The second-order valence-corrected chi connectivity index (χ2v) is 5.89. The molecule has 0 spiro atoms. The molecule has 4 nitrogen and oxygen atoms in total. The molecule has 0 saturated heterocycles. The average molecular weight is 339 g/mol. The number of nitrogens with zero attached hydrogens (tertiary/aromatic N) is 3. The van der Waals surface area contributed by atoms with Crippen LogP contribution in [0.3, 0.4) is 0 Å². The topological polar surface area (TPSA) is 38.1 Å². The van der Waals surface area contributed by atoms with Gasteiger partial charge in [-0.15, -0.1) is 0 Å². The summed E-state index contributed by atoms with van der Waals surface area (Å²) in [6, 6.07) is 7.72. The zero-order valence-corrected chi connectivity index (χ0v) is 14.1. The Kier molecular flexibility index (Phi) is 5.01. The van der Waals surface area contributed by atoms with Gasteiger partial charge in [0, 0.05) is 24.8 Å². The number of benzene rings is 1. The summed E-state index contributed by atoms with van der Waals surface area (Å²) in [5, 5.41) is 4.48. The molecule has 24 heavy (non-hydrogen) atoms. The van der Waals surface area contributed by atoms with Crippen LogP contribution in [0.1, 0.15) is 28.9 Å². The summed E-state index contributed by atoms with van der Waals surface area (Å²) in [7, 11) is 1.37. The maximum atomic E-state index is 12.4. The van der Waals surface area contributed by atoms with Crippen LogP contribution in [0.5, 0.6) is 0 Å². The van der Waals surface area contributed by atoms with Gasteiger partial charge in [-0.25, -0.2) is 4.68 Å². The molecule has 0 fully saturated rings. The Hall–Kier alpha value is -2.31. The Morgan fingerprint density at radius 3 is 2.42 bits per heavy atom. The summed E-state index contributed by atoms with van der Waals surface area (Å²) < 4.78 is 38.9. The van der Waals surface area contributed by atoms with Gasteiger partial charge >= 0.3 is 6.18 Å². The lowest BCUT2D eigenvalue weighted by Gasteiger charge is -2.18. The van der Waals surface area contributed by atoms with Crippen molar-refractivity contribution in [3.05, 3.63) is 46.8 Å². The van der Waals surface area contributed by atoms with E-state index in [9.17, 15) is 18.0 Å². The Morgan fingerprint density at radius 1 is 1.21 bits per heavy atom. The maximum absolute atomic E-state index is 12.4. The summed E-state index contributed by atoms with van der Waals surface area (Å²) >= 11 is 0. The molecule has 1 aromatic heterocycles. The van der Waals surface area contributed by atoms with Gasteiger partial charge in [-0.2, -0.15) is 18.3 Å². The minimum absolute atomic E-state index is 0.0957. The largest absolute Gasteiger partial charge is 0.397 e. The third kappa shape index (κ3) is 3.96. The molecule has 0 aliphatic rings. The average Bonchev–Trinajstić information content (AvgIpc) is 2.74. The normalized spacial score (nSPS) is 11.6. The lowest BCUT2D eigenvalue weighted by molar-refractivity contribution is -0.160. The van der Waals surface area contributed by atoms with E-state index < -0.39 is 18.5 Å². The van der Waals surface area contributed by atoms with Gasteiger partial charge in [0.2, 0.25) is 5.91 Å². The number of hydrogen-bond donors (Lipinski definition) is 0. The van der Waals surface area contributed by atoms with Crippen LogP contribution in [-0.4, -0.2) is 33.8 Å². The number of alkyl halides is 3. The first-order valence-corrected chi connectivity index (χ1v) is 7.52. The molecule has 0 N–H and O–H groups in total. The predicted octanol–water partition coefficient (Wildman–Crippen LogP) is 3.71. The van der Waals surface area contributed by atoms with E-state index in [1.807, 2.05) is 38.1 Å². The van der Waals surface area contributed by atoms with Gasteiger partial charge < -0.3 is 4.90 Å². The van der Waals surface area contributed by atoms with Crippen LogP contribution in [0.4, 0.5) is 13.2 Å². The quantitative estimate of drug-likeness (QED) is 0.852. The number of aromatic nitrogens is 2. The zero-order chi connectivity index (χ0) is 18.1. The minimum atomic E-state index is -4.50. The molecule has 2 aromatic rings. The van der Waals surface area contributed by atoms with E-state index in [2.05, 4.69) is 5.10 Å². The van der Waals surface area contributed by atoms with E-state index in [-0.39, 0.29) is 6.54 Å². The molecule has 0 bridgehead atoms. The molecule has 0 atom stereocenters. The monoisotopic (exact) mass is 339 g/mol. The lowest BCUT2D eigenvalue weighted by Crippen LogP contribution is -2.30. The lowest BCUT2D eigenvalue weighted by atomic mass is 10.1. The molecule has 130 valence electrons. The number of hydrogen-bond acceptors (Lipinski definition) is 2. The fourth-order valence-corrected chi connectivity index (χ4v) is 2.57. The van der Waals surface area contributed by atoms with Crippen molar-refractivity contribution in [3.63, 3.8) is 0 Å². The van der Waals surface area contributed by atoms with Gasteiger partial charge in [-0.3, -0.25) is 4.79 Å². The van der Waals surface area contributed by atoms with Crippen LogP contribution in [-0.2, 0) is 11.3 Å². The van der Waals surface area contributed by atoms with Gasteiger partial charge in [0.05, 0.1) is 11.4 Å². The standard InChI is InChI=1S/C17H20F3N3O/c1-11-7-5-6-8-15(11)23-13(3)14(12(2)21-23)10-22(4)16(24)9-17(18,19)20/h5-8H,9-10H2,1-4H3. The van der Waals surface area contributed by atoms with Crippen LogP contribution >= 0.6 is 0 Å². The highest BCUT2D eigenvalue weighted by atomic mass is 19.4. The third-order valence-electron chi connectivity index (χ3n) is 3.96. The second kappa shape index (κ2) is 6.67. The highest BCUT2D eigenvalue weighted by Gasteiger charge is 2.33. The summed E-state index contributed by atoms with van der Waals surface area (Å²) in [6.07, 6.45) is -5.95. The molecular formula is C17H20F3N3O. The highest BCUT2D eigenvalue weighted by Crippen LogP contribution is 2.24. The van der Waals surface area contributed by atoms with Gasteiger partial charge in [0.1, 0.15) is 6.42 Å². The van der Waals surface area contributed by atoms with Crippen molar-refractivity contribution in [3.8, 4) is 5.69 Å².